The molecule has 2 rings (SSSR count). The Hall–Kier alpha value is -2.57. The zero-order valence-electron chi connectivity index (χ0n) is 13.1. The number of carbonyl (C=O) groups excluding carboxylic acids is 1. The van der Waals surface area contributed by atoms with Crippen molar-refractivity contribution in [3.05, 3.63) is 42.8 Å². The number of H-pyrrole nitrogens is 1. The number of amides is 2. The molecule has 0 aromatic carbocycles. The highest BCUT2D eigenvalue weighted by Crippen LogP contribution is 2.27. The van der Waals surface area contributed by atoms with Crippen molar-refractivity contribution >= 4 is 12.0 Å². The molecule has 2 heterocycles. The second-order valence-corrected chi connectivity index (χ2v) is 5.54. The van der Waals surface area contributed by atoms with Crippen LogP contribution in [-0.4, -0.2) is 63.3 Å². The maximum Gasteiger partial charge on any atom is 0.356 e. The van der Waals surface area contributed by atoms with Gasteiger partial charge >= 0.3 is 12.0 Å². The molecule has 0 unspecified atom stereocenters. The molecule has 23 heavy (non-hydrogen) atoms. The van der Waals surface area contributed by atoms with Crippen molar-refractivity contribution in [1.29, 1.82) is 0 Å². The summed E-state index contributed by atoms with van der Waals surface area (Å²) in [6.07, 6.45) is 4.96. The molecule has 1 aromatic rings. The summed E-state index contributed by atoms with van der Waals surface area (Å²) in [6.45, 7) is 9.60. The topological polar surface area (TPSA) is 89.5 Å². The molecule has 2 amide bonds. The Labute approximate surface area is 135 Å². The van der Waals surface area contributed by atoms with Crippen LogP contribution in [0, 0.1) is 0 Å². The van der Waals surface area contributed by atoms with E-state index in [1.165, 1.54) is 0 Å². The van der Waals surface area contributed by atoms with E-state index in [0.717, 1.165) is 18.5 Å². The fourth-order valence-corrected chi connectivity index (χ4v) is 2.78. The summed E-state index contributed by atoms with van der Waals surface area (Å²) in [7, 11) is 0. The van der Waals surface area contributed by atoms with Crippen molar-refractivity contribution in [2.24, 2.45) is 0 Å². The van der Waals surface area contributed by atoms with E-state index in [1.807, 2.05) is 4.90 Å². The van der Waals surface area contributed by atoms with E-state index < -0.39 is 5.97 Å². The van der Waals surface area contributed by atoms with Crippen LogP contribution in [0.4, 0.5) is 4.79 Å². The molecular formula is C16H22N4O3. The van der Waals surface area contributed by atoms with Crippen LogP contribution in [-0.2, 0) is 0 Å². The van der Waals surface area contributed by atoms with Gasteiger partial charge in [0.2, 0.25) is 0 Å². The number of carboxylic acid groups (broad SMARTS) is 1. The van der Waals surface area contributed by atoms with Crippen LogP contribution in [0.25, 0.3) is 0 Å². The quantitative estimate of drug-likeness (QED) is 0.786. The fourth-order valence-electron chi connectivity index (χ4n) is 2.78. The Bertz CT molecular complexity index is 578. The van der Waals surface area contributed by atoms with E-state index in [0.29, 0.717) is 26.2 Å². The van der Waals surface area contributed by atoms with Crippen molar-refractivity contribution in [2.45, 2.75) is 18.8 Å². The number of rotatable bonds is 6. The third-order valence-electron chi connectivity index (χ3n) is 3.99. The minimum atomic E-state index is -1.04. The maximum absolute atomic E-state index is 12.5. The maximum atomic E-state index is 12.5. The van der Waals surface area contributed by atoms with Crippen molar-refractivity contribution in [3.63, 3.8) is 0 Å². The lowest BCUT2D eigenvalue weighted by Crippen LogP contribution is -2.46. The molecule has 0 aliphatic carbocycles. The van der Waals surface area contributed by atoms with E-state index in [9.17, 15) is 9.59 Å². The second-order valence-electron chi connectivity index (χ2n) is 5.54. The molecular weight excluding hydrogens is 296 g/mol. The van der Waals surface area contributed by atoms with Gasteiger partial charge in [0.1, 0.15) is 0 Å². The second kappa shape index (κ2) is 7.62. The number of carboxylic acids is 1. The molecule has 0 radical (unpaired) electrons. The average molecular weight is 318 g/mol. The molecule has 7 nitrogen and oxygen atoms in total. The summed E-state index contributed by atoms with van der Waals surface area (Å²) >= 11 is 0. The predicted molar refractivity (Wildman–Crippen MR) is 86.5 cm³/mol. The molecule has 0 bridgehead atoms. The van der Waals surface area contributed by atoms with Gasteiger partial charge in [0, 0.05) is 37.8 Å². The minimum absolute atomic E-state index is 0.0147. The molecule has 0 spiro atoms. The Balaban J connectivity index is 1.94. The first kappa shape index (κ1) is 16.8. The van der Waals surface area contributed by atoms with Gasteiger partial charge in [-0.15, -0.1) is 13.2 Å². The van der Waals surface area contributed by atoms with E-state index in [4.69, 9.17) is 5.11 Å². The molecule has 1 aromatic heterocycles. The van der Waals surface area contributed by atoms with Gasteiger partial charge in [-0.25, -0.2) is 9.59 Å². The molecule has 0 saturated carbocycles. The van der Waals surface area contributed by atoms with Crippen molar-refractivity contribution in [2.75, 3.05) is 26.2 Å². The summed E-state index contributed by atoms with van der Waals surface area (Å²) < 4.78 is 0. The monoisotopic (exact) mass is 318 g/mol. The smallest absolute Gasteiger partial charge is 0.356 e. The summed E-state index contributed by atoms with van der Waals surface area (Å²) in [5.41, 5.74) is 0.852. The van der Waals surface area contributed by atoms with Crippen LogP contribution < -0.4 is 0 Å². The first-order valence-electron chi connectivity index (χ1n) is 7.61. The SMILES string of the molecule is C=CCN(CC=C)C(=O)N1CCC(c2cc(C(=O)O)n[nH]2)CC1. The highest BCUT2D eigenvalue weighted by Gasteiger charge is 2.27. The number of aromatic amines is 1. The van der Waals surface area contributed by atoms with E-state index in [-0.39, 0.29) is 17.6 Å². The molecule has 1 fully saturated rings. The van der Waals surface area contributed by atoms with Gasteiger partial charge < -0.3 is 14.9 Å². The van der Waals surface area contributed by atoms with Gasteiger partial charge in [-0.1, -0.05) is 12.2 Å². The van der Waals surface area contributed by atoms with Crippen LogP contribution in [0.3, 0.4) is 0 Å². The van der Waals surface area contributed by atoms with Crippen molar-refractivity contribution < 1.29 is 14.7 Å². The minimum Gasteiger partial charge on any atom is -0.476 e. The summed E-state index contributed by atoms with van der Waals surface area (Å²) in [5.74, 6) is -0.837. The molecule has 0 atom stereocenters. The van der Waals surface area contributed by atoms with Gasteiger partial charge in [-0.3, -0.25) is 5.10 Å². The highest BCUT2D eigenvalue weighted by atomic mass is 16.4. The number of hydrogen-bond donors (Lipinski definition) is 2. The number of urea groups is 1. The van der Waals surface area contributed by atoms with Gasteiger partial charge in [-0.2, -0.15) is 5.10 Å². The number of nitrogens with one attached hydrogen (secondary N) is 1. The van der Waals surface area contributed by atoms with Crippen LogP contribution in [0.1, 0.15) is 34.9 Å². The lowest BCUT2D eigenvalue weighted by Gasteiger charge is -2.35. The zero-order valence-corrected chi connectivity index (χ0v) is 13.1. The lowest BCUT2D eigenvalue weighted by molar-refractivity contribution is 0.0690. The van der Waals surface area contributed by atoms with E-state index >= 15 is 0 Å². The molecule has 2 N–H and O–H groups in total. The van der Waals surface area contributed by atoms with Crippen LogP contribution >= 0.6 is 0 Å². The number of carbonyl (C=O) groups is 2. The zero-order chi connectivity index (χ0) is 16.8. The Morgan fingerprint density at radius 2 is 1.96 bits per heavy atom. The Kier molecular flexibility index (Phi) is 5.56. The largest absolute Gasteiger partial charge is 0.476 e. The third kappa shape index (κ3) is 4.00. The van der Waals surface area contributed by atoms with E-state index in [1.54, 1.807) is 23.1 Å². The van der Waals surface area contributed by atoms with Crippen LogP contribution in [0.15, 0.2) is 31.4 Å². The van der Waals surface area contributed by atoms with Gasteiger partial charge in [-0.05, 0) is 18.9 Å². The molecule has 1 saturated heterocycles. The number of likely N-dealkylation sites (tertiary alicyclic amines) is 1. The highest BCUT2D eigenvalue weighted by molar-refractivity contribution is 5.85. The van der Waals surface area contributed by atoms with Crippen LogP contribution in [0.2, 0.25) is 0 Å². The van der Waals surface area contributed by atoms with Gasteiger partial charge in [0.25, 0.3) is 0 Å². The standard InChI is InChI=1S/C16H22N4O3/c1-3-7-19(8-4-2)16(23)20-9-5-12(6-10-20)13-11-14(15(21)22)18-17-13/h3-4,11-12H,1-2,5-10H2,(H,17,18)(H,21,22). The molecule has 7 heteroatoms. The average Bonchev–Trinajstić information content (AvgIpc) is 3.04. The number of hydrogen-bond acceptors (Lipinski definition) is 3. The predicted octanol–water partition coefficient (Wildman–Crippen LogP) is 2.08. The summed E-state index contributed by atoms with van der Waals surface area (Å²) in [5, 5.41) is 15.5. The molecule has 1 aliphatic heterocycles. The lowest BCUT2D eigenvalue weighted by atomic mass is 9.93. The number of aromatic nitrogens is 2. The number of nitrogens with zero attached hydrogens (tertiary/aromatic N) is 3. The van der Waals surface area contributed by atoms with Crippen molar-refractivity contribution in [1.82, 2.24) is 20.0 Å². The number of aromatic carboxylic acids is 1. The number of piperidine rings is 1. The van der Waals surface area contributed by atoms with Crippen molar-refractivity contribution in [3.8, 4) is 0 Å². The van der Waals surface area contributed by atoms with Crippen LogP contribution in [0.5, 0.6) is 0 Å². The first-order valence-corrected chi connectivity index (χ1v) is 7.61. The van der Waals surface area contributed by atoms with Gasteiger partial charge in [0.15, 0.2) is 5.69 Å². The molecule has 1 aliphatic rings. The summed E-state index contributed by atoms with van der Waals surface area (Å²) in [4.78, 5) is 26.9. The fraction of sp³-hybridized carbons (Fsp3) is 0.438. The Morgan fingerprint density at radius 1 is 1.35 bits per heavy atom. The first-order chi connectivity index (χ1) is 11.1. The van der Waals surface area contributed by atoms with Gasteiger partial charge in [0.05, 0.1) is 0 Å². The summed E-state index contributed by atoms with van der Waals surface area (Å²) in [6, 6.07) is 1.56. The van der Waals surface area contributed by atoms with E-state index in [2.05, 4.69) is 23.4 Å². The Morgan fingerprint density at radius 3 is 2.43 bits per heavy atom. The molecule has 124 valence electrons. The normalized spacial score (nSPS) is 15.2. The third-order valence-corrected chi connectivity index (χ3v) is 3.99.